The fourth-order valence-electron chi connectivity index (χ4n) is 2.36. The molecule has 98 valence electrons. The molecule has 0 saturated carbocycles. The number of carbonyl (C=O) groups excluding carboxylic acids is 1. The van der Waals surface area contributed by atoms with Crippen LogP contribution in [0.1, 0.15) is 23.2 Å². The zero-order chi connectivity index (χ0) is 13.2. The van der Waals surface area contributed by atoms with E-state index in [2.05, 4.69) is 22.6 Å². The van der Waals surface area contributed by atoms with E-state index in [-0.39, 0.29) is 5.91 Å². The van der Waals surface area contributed by atoms with E-state index in [4.69, 9.17) is 5.73 Å². The Balaban J connectivity index is 1.77. The van der Waals surface area contributed by atoms with Gasteiger partial charge < -0.3 is 11.1 Å². The van der Waals surface area contributed by atoms with E-state index in [1.807, 2.05) is 0 Å². The molecule has 0 bridgehead atoms. The molecule has 1 aliphatic rings. The van der Waals surface area contributed by atoms with Gasteiger partial charge in [-0.1, -0.05) is 12.2 Å². The Labute approximate surface area is 111 Å². The largest absolute Gasteiger partial charge is 0.399 e. The van der Waals surface area contributed by atoms with Gasteiger partial charge >= 0.3 is 0 Å². The van der Waals surface area contributed by atoms with Gasteiger partial charge in [0.1, 0.15) is 0 Å². The molecule has 3 rings (SSSR count). The van der Waals surface area contributed by atoms with Crippen molar-refractivity contribution in [1.29, 1.82) is 0 Å². The number of anilines is 1. The lowest BCUT2D eigenvalue weighted by molar-refractivity contribution is 0.0951. The molecule has 2 aromatic rings. The number of aromatic nitrogens is 2. The maximum absolute atomic E-state index is 12.2. The minimum absolute atomic E-state index is 0.0964. The summed E-state index contributed by atoms with van der Waals surface area (Å²) < 4.78 is 1.65. The molecule has 5 heteroatoms. The number of hydrogen-bond acceptors (Lipinski definition) is 3. The average molecular weight is 256 g/mol. The molecule has 5 nitrogen and oxygen atoms in total. The van der Waals surface area contributed by atoms with Gasteiger partial charge in [0.2, 0.25) is 0 Å². The lowest BCUT2D eigenvalue weighted by Crippen LogP contribution is -2.27. The second-order valence-electron chi connectivity index (χ2n) is 4.82. The predicted octanol–water partition coefficient (Wildman–Crippen LogP) is 1.61. The molecule has 2 aromatic heterocycles. The van der Waals surface area contributed by atoms with E-state index in [0.717, 1.165) is 18.4 Å². The molecule has 1 aliphatic carbocycles. The number of pyridine rings is 1. The van der Waals surface area contributed by atoms with Crippen LogP contribution in [0.15, 0.2) is 36.7 Å². The third-order valence-electron chi connectivity index (χ3n) is 3.43. The number of nitrogens with one attached hydrogen (secondary N) is 1. The van der Waals surface area contributed by atoms with Gasteiger partial charge in [-0.05, 0) is 30.9 Å². The number of nitrogen functional groups attached to an aromatic ring is 1. The van der Waals surface area contributed by atoms with Gasteiger partial charge in [0.05, 0.1) is 17.3 Å². The SMILES string of the molecule is Nc1ccn2ncc(C(=O)NCC3C=CCC3)c2c1. The van der Waals surface area contributed by atoms with Gasteiger partial charge in [0.15, 0.2) is 0 Å². The number of fused-ring (bicyclic) bond motifs is 1. The summed E-state index contributed by atoms with van der Waals surface area (Å²) in [6, 6.07) is 3.52. The van der Waals surface area contributed by atoms with Gasteiger partial charge in [-0.15, -0.1) is 0 Å². The van der Waals surface area contributed by atoms with Crippen LogP contribution in [-0.4, -0.2) is 22.1 Å². The summed E-state index contributed by atoms with van der Waals surface area (Å²) in [5.41, 5.74) is 7.67. The van der Waals surface area contributed by atoms with Crippen LogP contribution < -0.4 is 11.1 Å². The molecule has 0 aliphatic heterocycles. The second-order valence-corrected chi connectivity index (χ2v) is 4.82. The highest BCUT2D eigenvalue weighted by atomic mass is 16.1. The van der Waals surface area contributed by atoms with Crippen LogP contribution >= 0.6 is 0 Å². The molecule has 0 spiro atoms. The molecule has 0 saturated heterocycles. The zero-order valence-corrected chi connectivity index (χ0v) is 10.5. The molecule has 1 amide bonds. The molecule has 0 aromatic carbocycles. The summed E-state index contributed by atoms with van der Waals surface area (Å²) in [5, 5.41) is 7.10. The predicted molar refractivity (Wildman–Crippen MR) is 73.8 cm³/mol. The van der Waals surface area contributed by atoms with Gasteiger partial charge in [-0.2, -0.15) is 5.10 Å². The summed E-state index contributed by atoms with van der Waals surface area (Å²) in [4.78, 5) is 12.2. The zero-order valence-electron chi connectivity index (χ0n) is 10.5. The third-order valence-corrected chi connectivity index (χ3v) is 3.43. The molecular weight excluding hydrogens is 240 g/mol. The van der Waals surface area contributed by atoms with Gasteiger partial charge in [0.25, 0.3) is 5.91 Å². The third kappa shape index (κ3) is 2.31. The number of carbonyl (C=O) groups is 1. The Morgan fingerprint density at radius 3 is 3.26 bits per heavy atom. The van der Waals surface area contributed by atoms with Gasteiger partial charge in [-0.3, -0.25) is 4.79 Å². The molecular formula is C14H16N4O. The van der Waals surface area contributed by atoms with Crippen molar-refractivity contribution in [3.63, 3.8) is 0 Å². The lowest BCUT2D eigenvalue weighted by Gasteiger charge is -2.08. The number of hydrogen-bond donors (Lipinski definition) is 2. The van der Waals surface area contributed by atoms with E-state index < -0.39 is 0 Å². The summed E-state index contributed by atoms with van der Waals surface area (Å²) in [6.07, 6.45) is 9.87. The number of nitrogens with two attached hydrogens (primary N) is 1. The number of allylic oxidation sites excluding steroid dienone is 1. The van der Waals surface area contributed by atoms with Crippen LogP contribution in [0, 0.1) is 5.92 Å². The van der Waals surface area contributed by atoms with E-state index in [1.165, 1.54) is 0 Å². The number of rotatable bonds is 3. The van der Waals surface area contributed by atoms with Gasteiger partial charge in [-0.25, -0.2) is 4.52 Å². The van der Waals surface area contributed by atoms with Crippen molar-refractivity contribution in [1.82, 2.24) is 14.9 Å². The highest BCUT2D eigenvalue weighted by Crippen LogP contribution is 2.17. The maximum atomic E-state index is 12.2. The van der Waals surface area contributed by atoms with Crippen molar-refractivity contribution >= 4 is 17.1 Å². The minimum Gasteiger partial charge on any atom is -0.399 e. The first-order valence-corrected chi connectivity index (χ1v) is 6.42. The van der Waals surface area contributed by atoms with Crippen LogP contribution in [0.3, 0.4) is 0 Å². The van der Waals surface area contributed by atoms with E-state index in [9.17, 15) is 4.79 Å². The lowest BCUT2D eigenvalue weighted by atomic mass is 10.1. The van der Waals surface area contributed by atoms with Crippen LogP contribution in [0.2, 0.25) is 0 Å². The van der Waals surface area contributed by atoms with Gasteiger partial charge in [0, 0.05) is 18.4 Å². The highest BCUT2D eigenvalue weighted by Gasteiger charge is 2.15. The summed E-state index contributed by atoms with van der Waals surface area (Å²) in [5.74, 6) is 0.358. The fraction of sp³-hybridized carbons (Fsp3) is 0.286. The first kappa shape index (κ1) is 11.8. The Morgan fingerprint density at radius 2 is 2.47 bits per heavy atom. The summed E-state index contributed by atoms with van der Waals surface area (Å²) in [6.45, 7) is 0.676. The Morgan fingerprint density at radius 1 is 1.58 bits per heavy atom. The fourth-order valence-corrected chi connectivity index (χ4v) is 2.36. The molecule has 1 atom stereocenters. The summed E-state index contributed by atoms with van der Waals surface area (Å²) in [7, 11) is 0. The standard InChI is InChI=1S/C14H16N4O/c15-11-5-6-18-13(7-11)12(9-17-18)14(19)16-8-10-3-1-2-4-10/h1,3,5-7,9-10H,2,4,8,15H2,(H,16,19). The molecule has 1 unspecified atom stereocenters. The molecule has 0 fully saturated rings. The number of nitrogens with zero attached hydrogens (tertiary/aromatic N) is 2. The summed E-state index contributed by atoms with van der Waals surface area (Å²) >= 11 is 0. The van der Waals surface area contributed by atoms with E-state index in [1.54, 1.807) is 29.0 Å². The molecule has 19 heavy (non-hydrogen) atoms. The quantitative estimate of drug-likeness (QED) is 0.819. The van der Waals surface area contributed by atoms with Crippen LogP contribution in [-0.2, 0) is 0 Å². The second kappa shape index (κ2) is 4.76. The highest BCUT2D eigenvalue weighted by molar-refractivity contribution is 6.00. The van der Waals surface area contributed by atoms with Crippen LogP contribution in [0.25, 0.3) is 5.52 Å². The molecule has 0 radical (unpaired) electrons. The Kier molecular flexibility index (Phi) is 2.95. The topological polar surface area (TPSA) is 72.4 Å². The van der Waals surface area contributed by atoms with E-state index >= 15 is 0 Å². The average Bonchev–Trinajstić information content (AvgIpc) is 3.04. The first-order valence-electron chi connectivity index (χ1n) is 6.42. The Hall–Kier alpha value is -2.30. The first-order chi connectivity index (χ1) is 9.24. The monoisotopic (exact) mass is 256 g/mol. The molecule has 2 heterocycles. The molecule has 3 N–H and O–H groups in total. The van der Waals surface area contributed by atoms with Crippen molar-refractivity contribution in [2.45, 2.75) is 12.8 Å². The van der Waals surface area contributed by atoms with Crippen molar-refractivity contribution in [3.8, 4) is 0 Å². The van der Waals surface area contributed by atoms with Crippen molar-refractivity contribution in [3.05, 3.63) is 42.2 Å². The van der Waals surface area contributed by atoms with Crippen molar-refractivity contribution in [2.75, 3.05) is 12.3 Å². The maximum Gasteiger partial charge on any atom is 0.255 e. The normalized spacial score (nSPS) is 18.0. The van der Waals surface area contributed by atoms with Crippen LogP contribution in [0.5, 0.6) is 0 Å². The number of amides is 1. The van der Waals surface area contributed by atoms with Crippen LogP contribution in [0.4, 0.5) is 5.69 Å². The smallest absolute Gasteiger partial charge is 0.255 e. The van der Waals surface area contributed by atoms with E-state index in [0.29, 0.717) is 23.7 Å². The minimum atomic E-state index is -0.0964. The Bertz CT molecular complexity index is 644. The van der Waals surface area contributed by atoms with Crippen molar-refractivity contribution < 1.29 is 4.79 Å². The van der Waals surface area contributed by atoms with Crippen molar-refractivity contribution in [2.24, 2.45) is 5.92 Å².